The highest BCUT2D eigenvalue weighted by Gasteiger charge is 2.42. The molecule has 114 valence electrons. The summed E-state index contributed by atoms with van der Waals surface area (Å²) in [6.07, 6.45) is 15.2. The van der Waals surface area contributed by atoms with Gasteiger partial charge in [0, 0.05) is 0 Å². The molecule has 2 nitrogen and oxygen atoms in total. The highest BCUT2D eigenvalue weighted by Crippen LogP contribution is 2.42. The van der Waals surface area contributed by atoms with Crippen LogP contribution in [0.5, 0.6) is 0 Å². The second-order valence-electron chi connectivity index (χ2n) is 7.01. The fourth-order valence-electron chi connectivity index (χ4n) is 3.94. The zero-order valence-electron chi connectivity index (χ0n) is 13.3. The molecule has 1 spiro atoms. The number of hydrogen-bond acceptors (Lipinski definition) is 2. The second kappa shape index (κ2) is 5.82. The molecule has 1 heterocycles. The van der Waals surface area contributed by atoms with E-state index < -0.39 is 0 Å². The summed E-state index contributed by atoms with van der Waals surface area (Å²) in [5.41, 5.74) is 1.77. The van der Waals surface area contributed by atoms with E-state index in [2.05, 4.69) is 32.1 Å². The van der Waals surface area contributed by atoms with Gasteiger partial charge in [0.05, 0.1) is 12.0 Å². The van der Waals surface area contributed by atoms with Crippen molar-refractivity contribution in [3.8, 4) is 0 Å². The lowest BCUT2D eigenvalue weighted by Crippen LogP contribution is -2.41. The molecule has 3 aliphatic rings. The predicted molar refractivity (Wildman–Crippen MR) is 84.8 cm³/mol. The molecule has 1 atom stereocenters. The van der Waals surface area contributed by atoms with Crippen molar-refractivity contribution in [3.63, 3.8) is 0 Å². The molecule has 2 heteroatoms. The molecule has 0 aromatic rings. The van der Waals surface area contributed by atoms with Gasteiger partial charge in [-0.3, -0.25) is 4.79 Å². The number of hydrogen-bond donors (Lipinski definition) is 0. The number of rotatable bonds is 0. The van der Waals surface area contributed by atoms with Crippen LogP contribution in [0.1, 0.15) is 65.2 Å². The van der Waals surface area contributed by atoms with Crippen LogP contribution in [0.25, 0.3) is 0 Å². The number of ketones is 1. The van der Waals surface area contributed by atoms with Gasteiger partial charge in [-0.1, -0.05) is 43.9 Å². The first-order valence-corrected chi connectivity index (χ1v) is 8.43. The molecule has 1 saturated heterocycles. The van der Waals surface area contributed by atoms with Crippen molar-refractivity contribution >= 4 is 5.78 Å². The molecule has 0 bridgehead atoms. The highest BCUT2D eigenvalue weighted by molar-refractivity contribution is 6.00. The summed E-state index contributed by atoms with van der Waals surface area (Å²) in [5.74, 6) is 1.40. The normalized spacial score (nSPS) is 29.1. The number of carbonyl (C=O) groups is 1. The highest BCUT2D eigenvalue weighted by atomic mass is 16.5. The second-order valence-corrected chi connectivity index (χ2v) is 7.01. The number of ether oxygens (including phenoxy) is 1. The Labute approximate surface area is 127 Å². The summed E-state index contributed by atoms with van der Waals surface area (Å²) >= 11 is 0. The Morgan fingerprint density at radius 1 is 1.10 bits per heavy atom. The van der Waals surface area contributed by atoms with Gasteiger partial charge in [0.2, 0.25) is 0 Å². The number of allylic oxidation sites excluding steroid dienone is 5. The van der Waals surface area contributed by atoms with Crippen LogP contribution in [-0.4, -0.2) is 11.4 Å². The average molecular weight is 286 g/mol. The molecular weight excluding hydrogens is 260 g/mol. The lowest BCUT2D eigenvalue weighted by molar-refractivity contribution is -0.127. The maximum absolute atomic E-state index is 12.7. The van der Waals surface area contributed by atoms with Gasteiger partial charge in [-0.25, -0.2) is 0 Å². The molecule has 0 aromatic heterocycles. The third-order valence-electron chi connectivity index (χ3n) is 4.95. The van der Waals surface area contributed by atoms with E-state index in [0.717, 1.165) is 24.2 Å². The van der Waals surface area contributed by atoms with Crippen LogP contribution >= 0.6 is 0 Å². The van der Waals surface area contributed by atoms with Crippen LogP contribution in [0, 0.1) is 5.92 Å². The summed E-state index contributed by atoms with van der Waals surface area (Å²) < 4.78 is 6.45. The third-order valence-corrected chi connectivity index (χ3v) is 4.95. The van der Waals surface area contributed by atoms with Crippen LogP contribution in [0.2, 0.25) is 0 Å². The van der Waals surface area contributed by atoms with Crippen molar-refractivity contribution in [2.45, 2.75) is 70.8 Å². The zero-order valence-corrected chi connectivity index (χ0v) is 13.3. The maximum atomic E-state index is 12.7. The zero-order chi connectivity index (χ0) is 14.9. The first-order chi connectivity index (χ1) is 10.1. The molecule has 0 radical (unpaired) electrons. The molecule has 1 unspecified atom stereocenters. The van der Waals surface area contributed by atoms with Crippen LogP contribution in [0.3, 0.4) is 0 Å². The van der Waals surface area contributed by atoms with E-state index in [4.69, 9.17) is 4.74 Å². The molecule has 2 fully saturated rings. The monoisotopic (exact) mass is 286 g/mol. The Kier molecular flexibility index (Phi) is 4.05. The van der Waals surface area contributed by atoms with Crippen molar-refractivity contribution in [1.82, 2.24) is 0 Å². The van der Waals surface area contributed by atoms with Gasteiger partial charge in [0.15, 0.2) is 5.78 Å². The Hall–Kier alpha value is -1.31. The van der Waals surface area contributed by atoms with E-state index in [1.165, 1.54) is 37.7 Å². The largest absolute Gasteiger partial charge is 0.486 e. The maximum Gasteiger partial charge on any atom is 0.170 e. The van der Waals surface area contributed by atoms with E-state index in [0.29, 0.717) is 12.3 Å². The van der Waals surface area contributed by atoms with Crippen molar-refractivity contribution in [2.75, 3.05) is 0 Å². The smallest absolute Gasteiger partial charge is 0.170 e. The van der Waals surface area contributed by atoms with E-state index in [1.807, 2.05) is 0 Å². The van der Waals surface area contributed by atoms with Crippen LogP contribution in [0.15, 0.2) is 35.1 Å². The predicted octanol–water partition coefficient (Wildman–Crippen LogP) is 4.87. The first-order valence-electron chi connectivity index (χ1n) is 8.43. The quantitative estimate of drug-likeness (QED) is 0.635. The lowest BCUT2D eigenvalue weighted by atomic mass is 9.79. The lowest BCUT2D eigenvalue weighted by Gasteiger charge is -2.40. The number of Topliss-reactive ketones (excluding diaryl/α,β-unsaturated/α-hetero) is 1. The molecule has 1 aliphatic heterocycles. The third kappa shape index (κ3) is 3.14. The Morgan fingerprint density at radius 3 is 2.48 bits per heavy atom. The minimum atomic E-state index is -0.228. The SMILES string of the molecule is CC1=CC(C)C=C2C(=O)CC3(CCCCCCC3)OC2=C1. The Balaban J connectivity index is 1.91. The van der Waals surface area contributed by atoms with E-state index >= 15 is 0 Å². The van der Waals surface area contributed by atoms with Crippen LogP contribution in [0.4, 0.5) is 0 Å². The van der Waals surface area contributed by atoms with Crippen molar-refractivity contribution in [3.05, 3.63) is 35.1 Å². The van der Waals surface area contributed by atoms with Crippen LogP contribution < -0.4 is 0 Å². The van der Waals surface area contributed by atoms with Gasteiger partial charge in [0.25, 0.3) is 0 Å². The van der Waals surface area contributed by atoms with E-state index in [1.54, 1.807) is 0 Å². The Bertz CT molecular complexity index is 514. The summed E-state index contributed by atoms with van der Waals surface area (Å²) in [6, 6.07) is 0. The fraction of sp³-hybridized carbons (Fsp3) is 0.632. The minimum Gasteiger partial charge on any atom is -0.486 e. The average Bonchev–Trinajstić information content (AvgIpc) is 2.52. The standard InChI is InChI=1S/C19H26O2/c1-14-10-15(2)12-18-16(11-14)17(20)13-19(21-18)8-6-4-3-5-7-9-19/h10-12,14H,3-9,13H2,1-2H3. The van der Waals surface area contributed by atoms with Gasteiger partial charge in [-0.2, -0.15) is 0 Å². The van der Waals surface area contributed by atoms with Gasteiger partial charge in [-0.05, 0) is 44.6 Å². The summed E-state index contributed by atoms with van der Waals surface area (Å²) in [5, 5.41) is 0. The first kappa shape index (κ1) is 14.6. The van der Waals surface area contributed by atoms with Crippen molar-refractivity contribution in [2.24, 2.45) is 5.92 Å². The van der Waals surface area contributed by atoms with E-state index in [9.17, 15) is 4.79 Å². The van der Waals surface area contributed by atoms with E-state index in [-0.39, 0.29) is 11.4 Å². The molecule has 0 aromatic carbocycles. The molecule has 3 rings (SSSR count). The molecule has 0 N–H and O–H groups in total. The summed E-state index contributed by atoms with van der Waals surface area (Å²) in [7, 11) is 0. The van der Waals surface area contributed by atoms with Gasteiger partial charge in [-0.15, -0.1) is 0 Å². The van der Waals surface area contributed by atoms with Gasteiger partial charge < -0.3 is 4.74 Å². The van der Waals surface area contributed by atoms with Gasteiger partial charge >= 0.3 is 0 Å². The Morgan fingerprint density at radius 2 is 1.76 bits per heavy atom. The molecule has 0 amide bonds. The fourth-order valence-corrected chi connectivity index (χ4v) is 3.94. The number of fused-ring (bicyclic) bond motifs is 1. The topological polar surface area (TPSA) is 26.3 Å². The van der Waals surface area contributed by atoms with Crippen molar-refractivity contribution in [1.29, 1.82) is 0 Å². The number of carbonyl (C=O) groups excluding carboxylic acids is 1. The molecule has 1 saturated carbocycles. The summed E-state index contributed by atoms with van der Waals surface area (Å²) in [4.78, 5) is 12.7. The van der Waals surface area contributed by atoms with Crippen molar-refractivity contribution < 1.29 is 9.53 Å². The molecular formula is C19H26O2. The summed E-state index contributed by atoms with van der Waals surface area (Å²) in [6.45, 7) is 4.22. The molecule has 21 heavy (non-hydrogen) atoms. The van der Waals surface area contributed by atoms with Crippen LogP contribution in [-0.2, 0) is 9.53 Å². The molecule has 2 aliphatic carbocycles. The minimum absolute atomic E-state index is 0.228. The van der Waals surface area contributed by atoms with Gasteiger partial charge in [0.1, 0.15) is 11.4 Å².